The highest BCUT2D eigenvalue weighted by Gasteiger charge is 2.64. The predicted molar refractivity (Wildman–Crippen MR) is 122 cm³/mol. The van der Waals surface area contributed by atoms with Crippen molar-refractivity contribution in [3.8, 4) is 5.75 Å². The monoisotopic (exact) mass is 478 g/mol. The number of fused-ring (bicyclic) bond motifs is 1. The lowest BCUT2D eigenvalue weighted by Gasteiger charge is -2.43. The Kier molecular flexibility index (Phi) is 7.56. The second-order valence-corrected chi connectivity index (χ2v) is 10.6. The molecule has 2 amide bonds. The Morgan fingerprint density at radius 2 is 1.88 bits per heavy atom. The molecule has 0 radical (unpaired) electrons. The number of carbonyl (C=O) groups excluding carboxylic acids is 2. The van der Waals surface area contributed by atoms with E-state index in [-0.39, 0.29) is 12.8 Å². The van der Waals surface area contributed by atoms with Crippen molar-refractivity contribution in [3.63, 3.8) is 0 Å². The van der Waals surface area contributed by atoms with Crippen molar-refractivity contribution >= 4 is 35.5 Å². The fraction of sp³-hybridized carbons (Fsp3) is 0.565. The molecular weight excluding hydrogens is 448 g/mol. The molecule has 0 spiro atoms. The number of thioether (sulfide) groups is 1. The maximum absolute atomic E-state index is 12.5. The van der Waals surface area contributed by atoms with Crippen LogP contribution in [0.25, 0.3) is 0 Å². The average molecular weight is 479 g/mol. The minimum atomic E-state index is -1.07. The summed E-state index contributed by atoms with van der Waals surface area (Å²) < 4.78 is 4.92. The summed E-state index contributed by atoms with van der Waals surface area (Å²) in [5.41, 5.74) is 0.571. The van der Waals surface area contributed by atoms with Gasteiger partial charge in [0.25, 0.3) is 0 Å². The normalized spacial score (nSPS) is 23.9. The number of amides is 2. The van der Waals surface area contributed by atoms with E-state index < -0.39 is 51.9 Å². The fourth-order valence-corrected chi connectivity index (χ4v) is 5.86. The average Bonchev–Trinajstić information content (AvgIpc) is 3.01. The molecule has 0 saturated carbocycles. The number of benzene rings is 1. The molecule has 2 unspecified atom stereocenters. The number of nitrogens with zero attached hydrogens (tertiary/aromatic N) is 1. The van der Waals surface area contributed by atoms with Crippen LogP contribution in [-0.2, 0) is 19.2 Å². The zero-order chi connectivity index (χ0) is 24.3. The third-order valence-corrected chi connectivity index (χ3v) is 7.57. The summed E-state index contributed by atoms with van der Waals surface area (Å²) in [6.07, 6.45) is 1.95. The number of aliphatic carboxylic acids is 2. The van der Waals surface area contributed by atoms with Gasteiger partial charge in [0.2, 0.25) is 11.8 Å². The first-order valence-corrected chi connectivity index (χ1v) is 11.9. The van der Waals surface area contributed by atoms with Crippen molar-refractivity contribution in [3.05, 3.63) is 29.8 Å². The summed E-state index contributed by atoms with van der Waals surface area (Å²) in [5.74, 6) is -3.17. The molecule has 2 fully saturated rings. The molecule has 2 aliphatic heterocycles. The zero-order valence-electron chi connectivity index (χ0n) is 18.9. The van der Waals surface area contributed by atoms with Crippen LogP contribution in [0.5, 0.6) is 5.75 Å². The minimum Gasteiger partial charge on any atom is -0.494 e. The van der Waals surface area contributed by atoms with Crippen LogP contribution in [0.15, 0.2) is 24.3 Å². The molecule has 2 heterocycles. The van der Waals surface area contributed by atoms with E-state index in [1.165, 1.54) is 16.7 Å². The van der Waals surface area contributed by atoms with Crippen molar-refractivity contribution in [1.29, 1.82) is 0 Å². The van der Waals surface area contributed by atoms with E-state index in [2.05, 4.69) is 12.2 Å². The Morgan fingerprint density at radius 3 is 2.45 bits per heavy atom. The van der Waals surface area contributed by atoms with Crippen LogP contribution in [0.2, 0.25) is 0 Å². The van der Waals surface area contributed by atoms with E-state index in [0.29, 0.717) is 17.9 Å². The molecule has 3 N–H and O–H groups in total. The molecule has 2 saturated heterocycles. The van der Waals surface area contributed by atoms with Crippen molar-refractivity contribution in [2.75, 3.05) is 6.61 Å². The highest BCUT2D eigenvalue weighted by atomic mass is 32.2. The number of unbranched alkanes of at least 4 members (excludes halogenated alkanes) is 1. The largest absolute Gasteiger partial charge is 0.494 e. The van der Waals surface area contributed by atoms with Gasteiger partial charge in [0.1, 0.15) is 23.2 Å². The van der Waals surface area contributed by atoms with Crippen LogP contribution >= 0.6 is 11.8 Å². The van der Waals surface area contributed by atoms with E-state index in [1.54, 1.807) is 38.1 Å². The standard InChI is InChI=1S/C23H30N2O7S/c1-4-5-12-32-14-8-6-13(7-9-14)15(21(28)29)10-11-16(26)24-17-19(27)25-18(22(30)31)23(2,3)33-20(17)25/h6-9,15,17-18,20H,4-5,10-12H2,1-3H3,(H,24,26)(H,28,29)(H,30,31)/t15?,17-,18?,20-/m1/s1. The Bertz CT molecular complexity index is 918. The molecule has 3 rings (SSSR count). The highest BCUT2D eigenvalue weighted by molar-refractivity contribution is 8.01. The van der Waals surface area contributed by atoms with Crippen LogP contribution in [0, 0.1) is 0 Å². The van der Waals surface area contributed by atoms with E-state index >= 15 is 0 Å². The lowest BCUT2D eigenvalue weighted by atomic mass is 9.93. The molecule has 0 aromatic heterocycles. The van der Waals surface area contributed by atoms with Gasteiger partial charge in [-0.3, -0.25) is 14.4 Å². The van der Waals surface area contributed by atoms with Crippen molar-refractivity contribution in [1.82, 2.24) is 10.2 Å². The van der Waals surface area contributed by atoms with Gasteiger partial charge in [0, 0.05) is 11.2 Å². The summed E-state index contributed by atoms with van der Waals surface area (Å²) in [4.78, 5) is 49.7. The van der Waals surface area contributed by atoms with Gasteiger partial charge < -0.3 is 25.2 Å². The summed E-state index contributed by atoms with van der Waals surface area (Å²) >= 11 is 1.35. The Balaban J connectivity index is 1.55. The maximum Gasteiger partial charge on any atom is 0.327 e. The topological polar surface area (TPSA) is 133 Å². The number of carbonyl (C=O) groups is 4. The molecule has 1 aromatic carbocycles. The van der Waals surface area contributed by atoms with Crippen LogP contribution in [-0.4, -0.2) is 67.7 Å². The number of nitrogens with one attached hydrogen (secondary N) is 1. The number of hydrogen-bond acceptors (Lipinski definition) is 6. The number of ether oxygens (including phenoxy) is 1. The van der Waals surface area contributed by atoms with Gasteiger partial charge in [0.05, 0.1) is 12.5 Å². The van der Waals surface area contributed by atoms with Crippen LogP contribution in [0.3, 0.4) is 0 Å². The fourth-order valence-electron chi connectivity index (χ4n) is 4.23. The quantitative estimate of drug-likeness (QED) is 0.326. The molecule has 2 aliphatic rings. The third-order valence-electron chi connectivity index (χ3n) is 6.00. The molecule has 10 heteroatoms. The van der Waals surface area contributed by atoms with Gasteiger partial charge in [-0.25, -0.2) is 4.79 Å². The molecule has 0 aliphatic carbocycles. The third kappa shape index (κ3) is 5.26. The molecule has 9 nitrogen and oxygen atoms in total. The van der Waals surface area contributed by atoms with Crippen molar-refractivity contribution in [2.24, 2.45) is 0 Å². The van der Waals surface area contributed by atoms with Crippen molar-refractivity contribution < 1.29 is 34.1 Å². The van der Waals surface area contributed by atoms with Gasteiger partial charge in [0.15, 0.2) is 0 Å². The number of carboxylic acids is 2. The van der Waals surface area contributed by atoms with Gasteiger partial charge in [-0.2, -0.15) is 0 Å². The molecule has 4 atom stereocenters. The summed E-state index contributed by atoms with van der Waals surface area (Å²) in [6.45, 7) is 6.19. The van der Waals surface area contributed by atoms with Crippen LogP contribution in [0.1, 0.15) is 57.9 Å². The zero-order valence-corrected chi connectivity index (χ0v) is 19.8. The summed E-state index contributed by atoms with van der Waals surface area (Å²) in [7, 11) is 0. The molecule has 1 aromatic rings. The molecule has 180 valence electrons. The van der Waals surface area contributed by atoms with E-state index in [0.717, 1.165) is 12.8 Å². The molecular formula is C23H30N2O7S. The molecule has 33 heavy (non-hydrogen) atoms. The number of rotatable bonds is 11. The van der Waals surface area contributed by atoms with Crippen molar-refractivity contribution in [2.45, 2.75) is 74.6 Å². The first-order chi connectivity index (χ1) is 15.6. The smallest absolute Gasteiger partial charge is 0.327 e. The highest BCUT2D eigenvalue weighted by Crippen LogP contribution is 2.50. The van der Waals surface area contributed by atoms with E-state index in [4.69, 9.17) is 4.74 Å². The molecule has 0 bridgehead atoms. The SMILES string of the molecule is CCCCOc1ccc(C(CCC(=O)N[C@@H]2C(=O)N3C(C(=O)O)C(C)(C)S[C@H]23)C(=O)O)cc1. The first-order valence-electron chi connectivity index (χ1n) is 11.0. The van der Waals surface area contributed by atoms with Gasteiger partial charge in [-0.05, 0) is 44.4 Å². The summed E-state index contributed by atoms with van der Waals surface area (Å²) in [5, 5.41) is 21.3. The summed E-state index contributed by atoms with van der Waals surface area (Å²) in [6, 6.07) is 5.08. The second-order valence-electron chi connectivity index (χ2n) is 8.84. The minimum absolute atomic E-state index is 0.0708. The Hall–Kier alpha value is -2.75. The first kappa shape index (κ1) is 24.9. The van der Waals surface area contributed by atoms with Crippen LogP contribution in [0.4, 0.5) is 0 Å². The Labute approximate surface area is 196 Å². The van der Waals surface area contributed by atoms with Gasteiger partial charge in [-0.1, -0.05) is 25.5 Å². The predicted octanol–water partition coefficient (Wildman–Crippen LogP) is 2.45. The van der Waals surface area contributed by atoms with Gasteiger partial charge in [-0.15, -0.1) is 11.8 Å². The maximum atomic E-state index is 12.5. The number of carboxylic acid groups (broad SMARTS) is 2. The lowest BCUT2D eigenvalue weighted by molar-refractivity contribution is -0.161. The van der Waals surface area contributed by atoms with E-state index in [1.807, 2.05) is 0 Å². The number of β-lactam (4-membered cyclic amide) rings is 1. The number of hydrogen-bond donors (Lipinski definition) is 3. The second kappa shape index (κ2) is 10.0. The van der Waals surface area contributed by atoms with E-state index in [9.17, 15) is 29.4 Å². The van der Waals surface area contributed by atoms with Gasteiger partial charge >= 0.3 is 11.9 Å². The van der Waals surface area contributed by atoms with Crippen LogP contribution < -0.4 is 10.1 Å². The lowest BCUT2D eigenvalue weighted by Crippen LogP contribution is -2.70. The Morgan fingerprint density at radius 1 is 1.21 bits per heavy atom.